The number of halogens is 1. The van der Waals surface area contributed by atoms with E-state index < -0.39 is 37.4 Å². The number of nitro benzene ring substituents is 1. The van der Waals surface area contributed by atoms with Gasteiger partial charge in [-0.25, -0.2) is 17.5 Å². The Morgan fingerprint density at radius 1 is 1.52 bits per heavy atom. The Kier molecular flexibility index (Phi) is 6.08. The predicted octanol–water partition coefficient (Wildman–Crippen LogP) is 1.12. The molecule has 0 aliphatic carbocycles. The number of thioether (sulfide) groups is 1. The fourth-order valence-corrected chi connectivity index (χ4v) is 3.70. The molecule has 1 rings (SSSR count). The van der Waals surface area contributed by atoms with Crippen molar-refractivity contribution >= 4 is 27.5 Å². The third-order valence-corrected chi connectivity index (χ3v) is 5.55. The number of nitrogens with one attached hydrogen (secondary N) is 1. The summed E-state index contributed by atoms with van der Waals surface area (Å²) in [6.45, 7) is 1.30. The Labute approximate surface area is 125 Å². The van der Waals surface area contributed by atoms with E-state index in [2.05, 4.69) is 4.72 Å². The lowest BCUT2D eigenvalue weighted by atomic mass is 10.3. The van der Waals surface area contributed by atoms with E-state index in [1.807, 2.05) is 0 Å². The van der Waals surface area contributed by atoms with Crippen LogP contribution in [0.15, 0.2) is 23.1 Å². The molecular formula is C11H15FN2O5S2. The van der Waals surface area contributed by atoms with E-state index >= 15 is 0 Å². The molecule has 10 heteroatoms. The van der Waals surface area contributed by atoms with Crippen LogP contribution in [0.1, 0.15) is 6.92 Å². The van der Waals surface area contributed by atoms with Gasteiger partial charge in [0.05, 0.1) is 17.6 Å². The van der Waals surface area contributed by atoms with Crippen molar-refractivity contribution in [1.82, 2.24) is 4.72 Å². The molecule has 1 aromatic carbocycles. The van der Waals surface area contributed by atoms with Gasteiger partial charge >= 0.3 is 0 Å². The molecular weight excluding hydrogens is 323 g/mol. The van der Waals surface area contributed by atoms with Gasteiger partial charge in [-0.15, -0.1) is 0 Å². The number of hydrogen-bond acceptors (Lipinski definition) is 6. The summed E-state index contributed by atoms with van der Waals surface area (Å²) in [6, 6.07) is 1.68. The number of rotatable bonds is 7. The normalized spacial score (nSPS) is 14.7. The summed E-state index contributed by atoms with van der Waals surface area (Å²) in [4.78, 5) is 9.02. The van der Waals surface area contributed by atoms with Gasteiger partial charge in [0, 0.05) is 17.4 Å². The third-order valence-electron chi connectivity index (χ3n) is 2.80. The van der Waals surface area contributed by atoms with Crippen molar-refractivity contribution in [2.45, 2.75) is 23.1 Å². The SMILES string of the molecule is CSC(CO)C(C)NS(=O)(=O)c1ccc([N+](=O)[O-])cc1F. The summed E-state index contributed by atoms with van der Waals surface area (Å²) in [5.41, 5.74) is -0.531. The molecule has 2 atom stereocenters. The van der Waals surface area contributed by atoms with Crippen molar-refractivity contribution in [3.8, 4) is 0 Å². The van der Waals surface area contributed by atoms with E-state index in [0.29, 0.717) is 6.07 Å². The maximum atomic E-state index is 13.7. The highest BCUT2D eigenvalue weighted by molar-refractivity contribution is 7.99. The minimum absolute atomic E-state index is 0.242. The summed E-state index contributed by atoms with van der Waals surface area (Å²) in [5, 5.41) is 19.2. The third kappa shape index (κ3) is 4.37. The molecule has 0 saturated carbocycles. The molecule has 2 unspecified atom stereocenters. The molecule has 0 spiro atoms. The van der Waals surface area contributed by atoms with E-state index in [4.69, 9.17) is 5.11 Å². The Hall–Kier alpha value is -1.23. The zero-order valence-electron chi connectivity index (χ0n) is 11.3. The first kappa shape index (κ1) is 17.8. The van der Waals surface area contributed by atoms with Crippen molar-refractivity contribution < 1.29 is 22.8 Å². The van der Waals surface area contributed by atoms with E-state index in [1.165, 1.54) is 18.7 Å². The van der Waals surface area contributed by atoms with Gasteiger partial charge in [-0.1, -0.05) is 0 Å². The summed E-state index contributed by atoms with van der Waals surface area (Å²) >= 11 is 1.26. The van der Waals surface area contributed by atoms with Gasteiger partial charge in [-0.2, -0.15) is 11.8 Å². The lowest BCUT2D eigenvalue weighted by molar-refractivity contribution is -0.385. The first-order chi connectivity index (χ1) is 9.72. The molecule has 0 bridgehead atoms. The quantitative estimate of drug-likeness (QED) is 0.569. The Balaban J connectivity index is 3.06. The van der Waals surface area contributed by atoms with Crippen LogP contribution in [-0.2, 0) is 10.0 Å². The maximum Gasteiger partial charge on any atom is 0.272 e. The van der Waals surface area contributed by atoms with Crippen LogP contribution < -0.4 is 4.72 Å². The number of nitro groups is 1. The smallest absolute Gasteiger partial charge is 0.272 e. The van der Waals surface area contributed by atoms with Gasteiger partial charge in [0.2, 0.25) is 10.0 Å². The number of benzene rings is 1. The molecule has 7 nitrogen and oxygen atoms in total. The van der Waals surface area contributed by atoms with Crippen LogP contribution in [0.25, 0.3) is 0 Å². The average molecular weight is 338 g/mol. The highest BCUT2D eigenvalue weighted by atomic mass is 32.2. The fraction of sp³-hybridized carbons (Fsp3) is 0.455. The molecule has 2 N–H and O–H groups in total. The molecule has 0 heterocycles. The summed E-state index contributed by atoms with van der Waals surface area (Å²) in [7, 11) is -4.17. The molecule has 1 aromatic rings. The second-order valence-electron chi connectivity index (χ2n) is 4.24. The Morgan fingerprint density at radius 3 is 2.57 bits per heavy atom. The van der Waals surface area contributed by atoms with Gasteiger partial charge in [0.15, 0.2) is 0 Å². The van der Waals surface area contributed by atoms with Gasteiger partial charge in [-0.3, -0.25) is 10.1 Å². The fourth-order valence-electron chi connectivity index (χ4n) is 1.64. The van der Waals surface area contributed by atoms with Crippen LogP contribution in [0.2, 0.25) is 0 Å². The van der Waals surface area contributed by atoms with E-state index in [1.54, 1.807) is 6.26 Å². The number of nitrogens with zero attached hydrogens (tertiary/aromatic N) is 1. The Morgan fingerprint density at radius 2 is 2.14 bits per heavy atom. The molecule has 0 radical (unpaired) electrons. The van der Waals surface area contributed by atoms with Crippen LogP contribution in [0.4, 0.5) is 10.1 Å². The van der Waals surface area contributed by atoms with Crippen LogP contribution in [0.3, 0.4) is 0 Å². The number of non-ortho nitro benzene ring substituents is 1. The summed E-state index contributed by atoms with van der Waals surface area (Å²) in [5.74, 6) is -1.20. The highest BCUT2D eigenvalue weighted by Crippen LogP contribution is 2.21. The molecule has 0 aliphatic rings. The molecule has 0 aliphatic heterocycles. The van der Waals surface area contributed by atoms with E-state index in [-0.39, 0.29) is 11.9 Å². The second-order valence-corrected chi connectivity index (χ2v) is 7.00. The zero-order valence-corrected chi connectivity index (χ0v) is 12.9. The molecule has 118 valence electrons. The summed E-state index contributed by atoms with van der Waals surface area (Å²) in [6.07, 6.45) is 1.71. The Bertz CT molecular complexity index is 619. The molecule has 0 fully saturated rings. The van der Waals surface area contributed by atoms with Gasteiger partial charge in [0.25, 0.3) is 5.69 Å². The molecule has 21 heavy (non-hydrogen) atoms. The van der Waals surface area contributed by atoms with Gasteiger partial charge in [-0.05, 0) is 19.2 Å². The van der Waals surface area contributed by atoms with Crippen LogP contribution in [-0.4, -0.2) is 42.6 Å². The first-order valence-corrected chi connectivity index (χ1v) is 8.60. The van der Waals surface area contributed by atoms with Crippen molar-refractivity contribution in [2.75, 3.05) is 12.9 Å². The monoisotopic (exact) mass is 338 g/mol. The molecule has 0 saturated heterocycles. The van der Waals surface area contributed by atoms with Crippen molar-refractivity contribution in [3.05, 3.63) is 34.1 Å². The van der Waals surface area contributed by atoms with E-state index in [9.17, 15) is 22.9 Å². The minimum atomic E-state index is -4.17. The lowest BCUT2D eigenvalue weighted by Gasteiger charge is -2.21. The number of sulfonamides is 1. The predicted molar refractivity (Wildman–Crippen MR) is 77.2 cm³/mol. The highest BCUT2D eigenvalue weighted by Gasteiger charge is 2.26. The maximum absolute atomic E-state index is 13.7. The standard InChI is InChI=1S/C11H15FN2O5S2/c1-7(10(6-15)20-2)13-21(18,19)11-4-3-8(14(16)17)5-9(11)12/h3-5,7,10,13,15H,6H2,1-2H3. The number of hydrogen-bond donors (Lipinski definition) is 2. The summed E-state index contributed by atoms with van der Waals surface area (Å²) < 4.78 is 40.1. The van der Waals surface area contributed by atoms with Crippen molar-refractivity contribution in [1.29, 1.82) is 0 Å². The minimum Gasteiger partial charge on any atom is -0.395 e. The van der Waals surface area contributed by atoms with Crippen LogP contribution in [0.5, 0.6) is 0 Å². The zero-order chi connectivity index (χ0) is 16.2. The topological polar surface area (TPSA) is 110 Å². The lowest BCUT2D eigenvalue weighted by Crippen LogP contribution is -2.41. The number of aliphatic hydroxyl groups is 1. The second kappa shape index (κ2) is 7.16. The molecule has 0 aromatic heterocycles. The van der Waals surface area contributed by atoms with Gasteiger partial charge < -0.3 is 5.11 Å². The first-order valence-electron chi connectivity index (χ1n) is 5.83. The largest absolute Gasteiger partial charge is 0.395 e. The number of aliphatic hydroxyl groups excluding tert-OH is 1. The van der Waals surface area contributed by atoms with Crippen LogP contribution in [0, 0.1) is 15.9 Å². The van der Waals surface area contributed by atoms with Gasteiger partial charge in [0.1, 0.15) is 10.7 Å². The molecule has 0 amide bonds. The van der Waals surface area contributed by atoms with Crippen molar-refractivity contribution in [3.63, 3.8) is 0 Å². The average Bonchev–Trinajstić information content (AvgIpc) is 2.38. The van der Waals surface area contributed by atoms with Crippen molar-refractivity contribution in [2.24, 2.45) is 0 Å². The van der Waals surface area contributed by atoms with E-state index in [0.717, 1.165) is 12.1 Å². The van der Waals surface area contributed by atoms with Crippen LogP contribution >= 0.6 is 11.8 Å².